The van der Waals surface area contributed by atoms with E-state index in [1.165, 1.54) is 24.3 Å². The van der Waals surface area contributed by atoms with Crippen molar-refractivity contribution in [3.63, 3.8) is 0 Å². The minimum Gasteiger partial charge on any atom is -0.508 e. The van der Waals surface area contributed by atoms with Crippen LogP contribution in [0.1, 0.15) is 45.1 Å². The molecule has 0 saturated carbocycles. The van der Waals surface area contributed by atoms with Gasteiger partial charge in [0.2, 0.25) is 29.5 Å². The highest BCUT2D eigenvalue weighted by Crippen LogP contribution is 2.13. The first-order valence-corrected chi connectivity index (χ1v) is 11.9. The minimum absolute atomic E-state index is 0.0283. The van der Waals surface area contributed by atoms with Gasteiger partial charge in [-0.1, -0.05) is 26.0 Å². The van der Waals surface area contributed by atoms with Crippen LogP contribution in [0.5, 0.6) is 5.75 Å². The van der Waals surface area contributed by atoms with E-state index in [0.717, 1.165) is 0 Å². The number of aliphatic carboxylic acids is 1. The smallest absolute Gasteiger partial charge is 0.326 e. The van der Waals surface area contributed by atoms with Gasteiger partial charge in [-0.3, -0.25) is 24.0 Å². The molecule has 4 unspecified atom stereocenters. The van der Waals surface area contributed by atoms with E-state index in [2.05, 4.69) is 16.0 Å². The maximum Gasteiger partial charge on any atom is 0.326 e. The molecule has 4 atom stereocenters. The van der Waals surface area contributed by atoms with E-state index < -0.39 is 66.1 Å². The summed E-state index contributed by atoms with van der Waals surface area (Å²) < 4.78 is 0. The van der Waals surface area contributed by atoms with Gasteiger partial charge in [0.05, 0.1) is 12.5 Å². The van der Waals surface area contributed by atoms with Crippen molar-refractivity contribution in [1.29, 1.82) is 0 Å². The SMILES string of the molecule is CC(C)CC(NC(=O)C(N)CCC(N)=O)C(=O)NC(Cc1ccc(O)cc1)C(=O)NC(CC(N)=O)C(=O)O. The molecule has 14 nitrogen and oxygen atoms in total. The Balaban J connectivity index is 3.15. The van der Waals surface area contributed by atoms with Crippen LogP contribution in [0.4, 0.5) is 0 Å². The molecule has 38 heavy (non-hydrogen) atoms. The number of carbonyl (C=O) groups is 6. The summed E-state index contributed by atoms with van der Waals surface area (Å²) in [7, 11) is 0. The molecule has 0 bridgehead atoms. The predicted molar refractivity (Wildman–Crippen MR) is 135 cm³/mol. The average Bonchev–Trinajstić information content (AvgIpc) is 2.81. The van der Waals surface area contributed by atoms with Gasteiger partial charge in [0.1, 0.15) is 23.9 Å². The molecular weight excluding hydrogens is 500 g/mol. The number of phenols is 1. The number of primary amides is 2. The fourth-order valence-corrected chi connectivity index (χ4v) is 3.43. The standard InChI is InChI=1S/C24H36N6O8/c1-12(2)9-16(28-21(34)15(25)7-8-19(26)32)22(35)29-17(10-13-3-5-14(31)6-4-13)23(36)30-18(24(37)38)11-20(27)33/h3-6,12,15-18,31H,7-11,25H2,1-2H3,(H2,26,32)(H2,27,33)(H,28,34)(H,29,35)(H,30,36)(H,37,38). The van der Waals surface area contributed by atoms with Crippen molar-refractivity contribution in [1.82, 2.24) is 16.0 Å². The Bertz CT molecular complexity index is 1010. The molecule has 1 aromatic rings. The summed E-state index contributed by atoms with van der Waals surface area (Å²) in [6.45, 7) is 3.61. The lowest BCUT2D eigenvalue weighted by Gasteiger charge is -2.26. The van der Waals surface area contributed by atoms with Crippen molar-refractivity contribution >= 4 is 35.5 Å². The highest BCUT2D eigenvalue weighted by molar-refractivity contribution is 5.95. The molecule has 1 rings (SSSR count). The van der Waals surface area contributed by atoms with Crippen molar-refractivity contribution in [2.24, 2.45) is 23.1 Å². The molecule has 0 fully saturated rings. The highest BCUT2D eigenvalue weighted by atomic mass is 16.4. The monoisotopic (exact) mass is 536 g/mol. The normalized spacial score (nSPS) is 14.0. The summed E-state index contributed by atoms with van der Waals surface area (Å²) in [5.74, 6) is -5.53. The zero-order valence-corrected chi connectivity index (χ0v) is 21.3. The van der Waals surface area contributed by atoms with Crippen LogP contribution in [0.25, 0.3) is 0 Å². The lowest BCUT2D eigenvalue weighted by atomic mass is 10.00. The second-order valence-corrected chi connectivity index (χ2v) is 9.30. The number of nitrogens with two attached hydrogens (primary N) is 3. The molecular formula is C24H36N6O8. The number of carboxylic acids is 1. The number of rotatable bonds is 16. The van der Waals surface area contributed by atoms with Crippen molar-refractivity contribution in [3.8, 4) is 5.75 Å². The van der Waals surface area contributed by atoms with Crippen LogP contribution in [0.15, 0.2) is 24.3 Å². The first-order valence-electron chi connectivity index (χ1n) is 11.9. The fraction of sp³-hybridized carbons (Fsp3) is 0.500. The molecule has 1 aromatic carbocycles. The maximum absolute atomic E-state index is 13.2. The number of hydrogen-bond acceptors (Lipinski definition) is 8. The minimum atomic E-state index is -1.63. The highest BCUT2D eigenvalue weighted by Gasteiger charge is 2.31. The molecule has 0 heterocycles. The zero-order valence-electron chi connectivity index (χ0n) is 21.3. The van der Waals surface area contributed by atoms with Crippen LogP contribution in [0, 0.1) is 5.92 Å². The summed E-state index contributed by atoms with van der Waals surface area (Å²) in [5, 5.41) is 26.1. The van der Waals surface area contributed by atoms with Gasteiger partial charge in [-0.05, 0) is 36.5 Å². The van der Waals surface area contributed by atoms with Crippen molar-refractivity contribution in [2.75, 3.05) is 0 Å². The Kier molecular flexibility index (Phi) is 12.7. The van der Waals surface area contributed by atoms with E-state index in [-0.39, 0.29) is 37.4 Å². The largest absolute Gasteiger partial charge is 0.508 e. The van der Waals surface area contributed by atoms with E-state index in [4.69, 9.17) is 17.2 Å². The first-order chi connectivity index (χ1) is 17.7. The zero-order chi connectivity index (χ0) is 29.0. The van der Waals surface area contributed by atoms with E-state index in [1.807, 2.05) is 0 Å². The van der Waals surface area contributed by atoms with Gasteiger partial charge in [-0.15, -0.1) is 0 Å². The summed E-state index contributed by atoms with van der Waals surface area (Å²) >= 11 is 0. The van der Waals surface area contributed by atoms with E-state index in [9.17, 15) is 39.0 Å². The van der Waals surface area contributed by atoms with Crippen LogP contribution >= 0.6 is 0 Å². The Morgan fingerprint density at radius 1 is 0.816 bits per heavy atom. The number of aromatic hydroxyl groups is 1. The number of carboxylic acid groups (broad SMARTS) is 1. The van der Waals surface area contributed by atoms with Crippen molar-refractivity contribution < 1.29 is 39.0 Å². The third-order valence-corrected chi connectivity index (χ3v) is 5.41. The molecule has 0 saturated heterocycles. The molecule has 210 valence electrons. The van der Waals surface area contributed by atoms with Crippen LogP contribution in [-0.2, 0) is 35.2 Å². The number of amides is 5. The second-order valence-electron chi connectivity index (χ2n) is 9.30. The summed E-state index contributed by atoms with van der Waals surface area (Å²) in [5.41, 5.74) is 16.5. The number of phenolic OH excluding ortho intramolecular Hbond substituents is 1. The molecule has 14 heteroatoms. The van der Waals surface area contributed by atoms with Crippen LogP contribution < -0.4 is 33.2 Å². The van der Waals surface area contributed by atoms with Crippen LogP contribution in [0.3, 0.4) is 0 Å². The Hall–Kier alpha value is -4.20. The molecule has 5 amide bonds. The molecule has 0 spiro atoms. The van der Waals surface area contributed by atoms with Crippen LogP contribution in [-0.4, -0.2) is 69.9 Å². The first kappa shape index (κ1) is 31.8. The summed E-state index contributed by atoms with van der Waals surface area (Å²) in [6.07, 6.45) is -0.759. The van der Waals surface area contributed by atoms with Gasteiger partial charge in [0.25, 0.3) is 0 Å². The van der Waals surface area contributed by atoms with Gasteiger partial charge in [0.15, 0.2) is 0 Å². The topological polar surface area (TPSA) is 257 Å². The van der Waals surface area contributed by atoms with Gasteiger partial charge in [-0.25, -0.2) is 4.79 Å². The average molecular weight is 537 g/mol. The van der Waals surface area contributed by atoms with Gasteiger partial charge in [-0.2, -0.15) is 0 Å². The quantitative estimate of drug-likeness (QED) is 0.116. The molecule has 11 N–H and O–H groups in total. The lowest BCUT2D eigenvalue weighted by molar-refractivity contribution is -0.143. The number of nitrogens with one attached hydrogen (secondary N) is 3. The number of hydrogen-bond donors (Lipinski definition) is 8. The van der Waals surface area contributed by atoms with Crippen molar-refractivity contribution in [3.05, 3.63) is 29.8 Å². The molecule has 0 aliphatic rings. The Morgan fingerprint density at radius 2 is 1.34 bits per heavy atom. The molecule has 0 aliphatic heterocycles. The fourth-order valence-electron chi connectivity index (χ4n) is 3.43. The Morgan fingerprint density at radius 3 is 1.84 bits per heavy atom. The second kappa shape index (κ2) is 15.1. The lowest BCUT2D eigenvalue weighted by Crippen LogP contribution is -2.58. The molecule has 0 aliphatic carbocycles. The molecule has 0 aromatic heterocycles. The number of carbonyl (C=O) groups excluding carboxylic acids is 5. The van der Waals surface area contributed by atoms with Gasteiger partial charge < -0.3 is 43.4 Å². The van der Waals surface area contributed by atoms with E-state index in [1.54, 1.807) is 13.8 Å². The summed E-state index contributed by atoms with van der Waals surface area (Å²) in [6, 6.07) is 0.578. The summed E-state index contributed by atoms with van der Waals surface area (Å²) in [4.78, 5) is 72.5. The maximum atomic E-state index is 13.2. The van der Waals surface area contributed by atoms with E-state index in [0.29, 0.717) is 5.56 Å². The van der Waals surface area contributed by atoms with E-state index >= 15 is 0 Å². The third-order valence-electron chi connectivity index (χ3n) is 5.41. The third kappa shape index (κ3) is 11.7. The van der Waals surface area contributed by atoms with Gasteiger partial charge >= 0.3 is 5.97 Å². The Labute approximate surface area is 219 Å². The van der Waals surface area contributed by atoms with Crippen molar-refractivity contribution in [2.45, 2.75) is 70.1 Å². The molecule has 0 radical (unpaired) electrons. The number of benzene rings is 1. The predicted octanol–water partition coefficient (Wildman–Crippen LogP) is -2.01. The van der Waals surface area contributed by atoms with Crippen LogP contribution in [0.2, 0.25) is 0 Å². The van der Waals surface area contributed by atoms with Gasteiger partial charge in [0, 0.05) is 12.8 Å².